The Morgan fingerprint density at radius 1 is 0.765 bits per heavy atom. The Labute approximate surface area is 198 Å². The van der Waals surface area contributed by atoms with E-state index >= 15 is 0 Å². The second-order valence-electron chi connectivity index (χ2n) is 8.61. The zero-order valence-electron chi connectivity index (χ0n) is 20.1. The van der Waals surface area contributed by atoms with Crippen LogP contribution in [-0.2, 0) is 28.8 Å². The first kappa shape index (κ1) is 30.8. The first-order valence-electron chi connectivity index (χ1n) is 11.2. The summed E-state index contributed by atoms with van der Waals surface area (Å²) in [4.78, 5) is 71.8. The van der Waals surface area contributed by atoms with E-state index in [0.717, 1.165) is 0 Å². The van der Waals surface area contributed by atoms with Crippen molar-refractivity contribution in [2.24, 2.45) is 29.0 Å². The molecule has 5 amide bonds. The third kappa shape index (κ3) is 11.1. The van der Waals surface area contributed by atoms with E-state index < -0.39 is 59.7 Å². The highest BCUT2D eigenvalue weighted by Gasteiger charge is 2.32. The van der Waals surface area contributed by atoms with E-state index in [9.17, 15) is 33.9 Å². The quantitative estimate of drug-likeness (QED) is 0.129. The fraction of sp³-hybridized carbons (Fsp3) is 0.714. The molecule has 0 aromatic heterocycles. The van der Waals surface area contributed by atoms with Crippen molar-refractivity contribution in [1.82, 2.24) is 16.0 Å². The SMILES string of the molecule is CCC(C)C(N)C(=O)NC(C(=O)NC(CCC(N)=O)C(=O)NC(CCC(N)=O)C(=O)O)C(C)C. The molecule has 0 aliphatic carbocycles. The van der Waals surface area contributed by atoms with Crippen LogP contribution in [0.4, 0.5) is 0 Å². The van der Waals surface area contributed by atoms with E-state index in [1.165, 1.54) is 0 Å². The van der Waals surface area contributed by atoms with Crippen LogP contribution in [0.25, 0.3) is 0 Å². The molecule has 13 nitrogen and oxygen atoms in total. The molecule has 0 spiro atoms. The van der Waals surface area contributed by atoms with E-state index in [1.54, 1.807) is 20.8 Å². The standard InChI is InChI=1S/C21H38N6O7/c1-5-11(4)16(24)19(31)27-17(10(2)3)20(32)25-12(6-8-14(22)28)18(30)26-13(21(33)34)7-9-15(23)29/h10-13,16-17H,5-9,24H2,1-4H3,(H2,22,28)(H2,23,29)(H,25,32)(H,26,30)(H,27,31)(H,33,34). The fourth-order valence-electron chi connectivity index (χ4n) is 2.93. The van der Waals surface area contributed by atoms with Crippen molar-refractivity contribution in [2.45, 2.75) is 84.0 Å². The van der Waals surface area contributed by atoms with E-state index in [4.69, 9.17) is 17.2 Å². The van der Waals surface area contributed by atoms with Crippen LogP contribution in [0.1, 0.15) is 59.8 Å². The smallest absolute Gasteiger partial charge is 0.326 e. The van der Waals surface area contributed by atoms with Crippen molar-refractivity contribution in [3.8, 4) is 0 Å². The lowest BCUT2D eigenvalue weighted by Gasteiger charge is -2.27. The third-order valence-electron chi connectivity index (χ3n) is 5.41. The van der Waals surface area contributed by atoms with Crippen molar-refractivity contribution in [3.05, 3.63) is 0 Å². The molecule has 0 radical (unpaired) electrons. The second kappa shape index (κ2) is 14.8. The maximum absolute atomic E-state index is 12.9. The summed E-state index contributed by atoms with van der Waals surface area (Å²) in [5, 5.41) is 16.6. The number of amides is 5. The summed E-state index contributed by atoms with van der Waals surface area (Å²) in [6.07, 6.45) is -0.364. The Balaban J connectivity index is 5.55. The summed E-state index contributed by atoms with van der Waals surface area (Å²) < 4.78 is 0. The minimum absolute atomic E-state index is 0.127. The molecule has 10 N–H and O–H groups in total. The van der Waals surface area contributed by atoms with Gasteiger partial charge in [0, 0.05) is 12.8 Å². The molecule has 5 atom stereocenters. The highest BCUT2D eigenvalue weighted by molar-refractivity contribution is 5.94. The number of hydrogen-bond donors (Lipinski definition) is 7. The fourth-order valence-corrected chi connectivity index (χ4v) is 2.93. The Morgan fingerprint density at radius 3 is 1.65 bits per heavy atom. The number of aliphatic carboxylic acids is 1. The molecule has 0 saturated heterocycles. The number of nitrogens with two attached hydrogens (primary N) is 3. The van der Waals surface area contributed by atoms with Crippen LogP contribution in [0.2, 0.25) is 0 Å². The lowest BCUT2D eigenvalue weighted by Crippen LogP contribution is -2.59. The molecule has 0 aromatic rings. The lowest BCUT2D eigenvalue weighted by atomic mass is 9.97. The predicted octanol–water partition coefficient (Wildman–Crippen LogP) is -1.91. The summed E-state index contributed by atoms with van der Waals surface area (Å²) in [5.41, 5.74) is 16.1. The highest BCUT2D eigenvalue weighted by Crippen LogP contribution is 2.09. The molecule has 0 rings (SSSR count). The van der Waals surface area contributed by atoms with Gasteiger partial charge in [0.1, 0.15) is 18.1 Å². The first-order valence-corrected chi connectivity index (χ1v) is 11.2. The monoisotopic (exact) mass is 486 g/mol. The Kier molecular flexibility index (Phi) is 13.4. The van der Waals surface area contributed by atoms with Gasteiger partial charge in [0.05, 0.1) is 6.04 Å². The van der Waals surface area contributed by atoms with E-state index in [2.05, 4.69) is 16.0 Å². The number of primary amides is 2. The maximum Gasteiger partial charge on any atom is 0.326 e. The van der Waals surface area contributed by atoms with Gasteiger partial charge in [-0.1, -0.05) is 34.1 Å². The summed E-state index contributed by atoms with van der Waals surface area (Å²) in [6.45, 7) is 7.04. The summed E-state index contributed by atoms with van der Waals surface area (Å²) >= 11 is 0. The van der Waals surface area contributed by atoms with Crippen LogP contribution in [0, 0.1) is 11.8 Å². The maximum atomic E-state index is 12.9. The zero-order chi connectivity index (χ0) is 26.6. The molecule has 0 aliphatic rings. The Hall–Kier alpha value is -3.22. The number of rotatable bonds is 16. The molecule has 0 aromatic carbocycles. The summed E-state index contributed by atoms with van der Waals surface area (Å²) in [6, 6.07) is -4.65. The summed E-state index contributed by atoms with van der Waals surface area (Å²) in [7, 11) is 0. The van der Waals surface area contributed by atoms with Gasteiger partial charge in [-0.05, 0) is 24.7 Å². The minimum atomic E-state index is -1.44. The second-order valence-corrected chi connectivity index (χ2v) is 8.61. The zero-order valence-corrected chi connectivity index (χ0v) is 20.1. The molecule has 5 unspecified atom stereocenters. The van der Waals surface area contributed by atoms with Crippen molar-refractivity contribution in [3.63, 3.8) is 0 Å². The van der Waals surface area contributed by atoms with Crippen molar-refractivity contribution in [1.29, 1.82) is 0 Å². The molecule has 0 fully saturated rings. The molecule has 0 aliphatic heterocycles. The van der Waals surface area contributed by atoms with Gasteiger partial charge in [-0.25, -0.2) is 4.79 Å². The lowest BCUT2D eigenvalue weighted by molar-refractivity contribution is -0.143. The number of nitrogens with one attached hydrogen (secondary N) is 3. The topological polar surface area (TPSA) is 237 Å². The van der Waals surface area contributed by atoms with Crippen LogP contribution < -0.4 is 33.2 Å². The van der Waals surface area contributed by atoms with Crippen LogP contribution in [0.5, 0.6) is 0 Å². The van der Waals surface area contributed by atoms with Crippen LogP contribution in [-0.4, -0.2) is 64.8 Å². The average Bonchev–Trinajstić information content (AvgIpc) is 2.75. The molecule has 0 bridgehead atoms. The Morgan fingerprint density at radius 2 is 1.24 bits per heavy atom. The van der Waals surface area contributed by atoms with Gasteiger partial charge in [0.15, 0.2) is 0 Å². The van der Waals surface area contributed by atoms with E-state index in [1.807, 2.05) is 6.92 Å². The molecule has 0 heterocycles. The third-order valence-corrected chi connectivity index (χ3v) is 5.41. The van der Waals surface area contributed by atoms with Gasteiger partial charge in [-0.3, -0.25) is 24.0 Å². The number of carboxylic acid groups (broad SMARTS) is 1. The Bertz CT molecular complexity index is 758. The van der Waals surface area contributed by atoms with Gasteiger partial charge < -0.3 is 38.3 Å². The minimum Gasteiger partial charge on any atom is -0.480 e. The van der Waals surface area contributed by atoms with Crippen molar-refractivity contribution < 1.29 is 33.9 Å². The number of carbonyl (C=O) groups is 6. The van der Waals surface area contributed by atoms with Gasteiger partial charge in [-0.15, -0.1) is 0 Å². The van der Waals surface area contributed by atoms with Crippen molar-refractivity contribution in [2.75, 3.05) is 0 Å². The molecular weight excluding hydrogens is 448 g/mol. The largest absolute Gasteiger partial charge is 0.480 e. The number of carboxylic acids is 1. The van der Waals surface area contributed by atoms with Crippen LogP contribution in [0.15, 0.2) is 0 Å². The van der Waals surface area contributed by atoms with Gasteiger partial charge >= 0.3 is 5.97 Å². The molecule has 194 valence electrons. The van der Waals surface area contributed by atoms with E-state index in [0.29, 0.717) is 6.42 Å². The van der Waals surface area contributed by atoms with Crippen LogP contribution >= 0.6 is 0 Å². The molecule has 13 heteroatoms. The van der Waals surface area contributed by atoms with Gasteiger partial charge in [0.2, 0.25) is 29.5 Å². The van der Waals surface area contributed by atoms with Gasteiger partial charge in [0.25, 0.3) is 0 Å². The predicted molar refractivity (Wildman–Crippen MR) is 123 cm³/mol. The average molecular weight is 487 g/mol. The van der Waals surface area contributed by atoms with E-state index in [-0.39, 0.29) is 37.5 Å². The highest BCUT2D eigenvalue weighted by atomic mass is 16.4. The number of hydrogen-bond acceptors (Lipinski definition) is 7. The normalized spacial score (nSPS) is 15.4. The summed E-state index contributed by atoms with van der Waals surface area (Å²) in [5.74, 6) is -5.52. The van der Waals surface area contributed by atoms with Gasteiger partial charge in [-0.2, -0.15) is 0 Å². The van der Waals surface area contributed by atoms with Crippen molar-refractivity contribution >= 4 is 35.5 Å². The molecular formula is C21H38N6O7. The first-order chi connectivity index (χ1) is 15.7. The molecule has 0 saturated carbocycles. The van der Waals surface area contributed by atoms with Crippen LogP contribution in [0.3, 0.4) is 0 Å². The number of carbonyl (C=O) groups excluding carboxylic acids is 5. The molecule has 34 heavy (non-hydrogen) atoms.